The molecule has 0 aliphatic carbocycles. The van der Waals surface area contributed by atoms with Crippen LogP contribution < -0.4 is 10.6 Å². The van der Waals surface area contributed by atoms with Crippen molar-refractivity contribution in [3.63, 3.8) is 0 Å². The maximum Gasteiger partial charge on any atom is 0.273 e. The number of hydrogen-bond donors (Lipinski definition) is 2. The molecule has 3 aromatic heterocycles. The first-order chi connectivity index (χ1) is 14.2. The standard InChI is InChI=1S/C20H18N6O3/c27-19(15-11-17(29-25-15)14-5-2-1-3-6-14)22-8-4-9-23-20(28)16-12-24-18-7-10-21-13-26(16)18/h1-3,5-7,10-13H,4,8-9H2,(H,22,27)(H,23,28). The van der Waals surface area contributed by atoms with Gasteiger partial charge >= 0.3 is 0 Å². The third kappa shape index (κ3) is 4.13. The van der Waals surface area contributed by atoms with Gasteiger partial charge in [0.25, 0.3) is 11.8 Å². The van der Waals surface area contributed by atoms with Crippen LogP contribution in [0.1, 0.15) is 27.4 Å². The second-order valence-electron chi connectivity index (χ2n) is 6.26. The molecule has 0 radical (unpaired) electrons. The van der Waals surface area contributed by atoms with Gasteiger partial charge in [-0.1, -0.05) is 35.5 Å². The summed E-state index contributed by atoms with van der Waals surface area (Å²) in [6, 6.07) is 12.8. The number of carbonyl (C=O) groups is 2. The van der Waals surface area contributed by atoms with Gasteiger partial charge in [0, 0.05) is 30.9 Å². The van der Waals surface area contributed by atoms with E-state index < -0.39 is 0 Å². The zero-order valence-corrected chi connectivity index (χ0v) is 15.4. The third-order valence-corrected chi connectivity index (χ3v) is 4.28. The Morgan fingerprint density at radius 3 is 2.66 bits per heavy atom. The van der Waals surface area contributed by atoms with E-state index in [0.29, 0.717) is 36.6 Å². The van der Waals surface area contributed by atoms with Crippen LogP contribution in [0, 0.1) is 0 Å². The molecular formula is C20H18N6O3. The molecule has 3 heterocycles. The Morgan fingerprint density at radius 2 is 1.83 bits per heavy atom. The summed E-state index contributed by atoms with van der Waals surface area (Å²) in [6.07, 6.45) is 5.22. The number of hydrogen-bond acceptors (Lipinski definition) is 6. The van der Waals surface area contributed by atoms with E-state index in [9.17, 15) is 9.59 Å². The zero-order valence-electron chi connectivity index (χ0n) is 15.4. The lowest BCUT2D eigenvalue weighted by atomic mass is 10.1. The van der Waals surface area contributed by atoms with Gasteiger partial charge in [0.15, 0.2) is 11.5 Å². The summed E-state index contributed by atoms with van der Waals surface area (Å²) in [5.74, 6) is -0.0403. The number of aromatic nitrogens is 4. The van der Waals surface area contributed by atoms with Crippen molar-refractivity contribution in [2.45, 2.75) is 6.42 Å². The fourth-order valence-corrected chi connectivity index (χ4v) is 2.80. The molecule has 0 aliphatic heterocycles. The van der Waals surface area contributed by atoms with Crippen LogP contribution in [-0.2, 0) is 0 Å². The number of rotatable bonds is 7. The van der Waals surface area contributed by atoms with Crippen LogP contribution in [-0.4, -0.2) is 44.4 Å². The fraction of sp³-hybridized carbons (Fsp3) is 0.150. The molecule has 146 valence electrons. The van der Waals surface area contributed by atoms with Crippen molar-refractivity contribution in [1.29, 1.82) is 0 Å². The lowest BCUT2D eigenvalue weighted by molar-refractivity contribution is 0.0943. The summed E-state index contributed by atoms with van der Waals surface area (Å²) in [6.45, 7) is 0.794. The maximum absolute atomic E-state index is 12.3. The van der Waals surface area contributed by atoms with E-state index in [2.05, 4.69) is 25.8 Å². The monoisotopic (exact) mass is 390 g/mol. The van der Waals surface area contributed by atoms with Gasteiger partial charge in [-0.15, -0.1) is 0 Å². The summed E-state index contributed by atoms with van der Waals surface area (Å²) < 4.78 is 6.84. The van der Waals surface area contributed by atoms with Crippen molar-refractivity contribution in [3.05, 3.63) is 72.6 Å². The quantitative estimate of drug-likeness (QED) is 0.466. The van der Waals surface area contributed by atoms with Crippen molar-refractivity contribution < 1.29 is 14.1 Å². The average Bonchev–Trinajstić information content (AvgIpc) is 3.41. The highest BCUT2D eigenvalue weighted by molar-refractivity contribution is 5.93. The molecule has 29 heavy (non-hydrogen) atoms. The first kappa shape index (κ1) is 18.4. The Labute approximate surface area is 165 Å². The normalized spacial score (nSPS) is 10.8. The molecule has 9 heteroatoms. The fourth-order valence-electron chi connectivity index (χ4n) is 2.80. The highest BCUT2D eigenvalue weighted by Gasteiger charge is 2.14. The van der Waals surface area contributed by atoms with E-state index in [4.69, 9.17) is 4.52 Å². The topological polar surface area (TPSA) is 114 Å². The van der Waals surface area contributed by atoms with Gasteiger partial charge in [0.2, 0.25) is 0 Å². The van der Waals surface area contributed by atoms with Crippen LogP contribution in [0.4, 0.5) is 0 Å². The molecule has 1 aromatic carbocycles. The molecular weight excluding hydrogens is 372 g/mol. The van der Waals surface area contributed by atoms with Gasteiger partial charge < -0.3 is 15.2 Å². The van der Waals surface area contributed by atoms with Crippen LogP contribution in [0.5, 0.6) is 0 Å². The minimum atomic E-state index is -0.324. The molecule has 0 spiro atoms. The van der Waals surface area contributed by atoms with E-state index in [0.717, 1.165) is 5.56 Å². The van der Waals surface area contributed by atoms with Crippen LogP contribution in [0.3, 0.4) is 0 Å². The molecule has 0 atom stereocenters. The van der Waals surface area contributed by atoms with E-state index in [-0.39, 0.29) is 17.5 Å². The molecule has 2 N–H and O–H groups in total. The van der Waals surface area contributed by atoms with Crippen molar-refractivity contribution in [1.82, 2.24) is 30.2 Å². The van der Waals surface area contributed by atoms with Crippen LogP contribution in [0.15, 0.2) is 65.7 Å². The largest absolute Gasteiger partial charge is 0.355 e. The second-order valence-corrected chi connectivity index (χ2v) is 6.26. The van der Waals surface area contributed by atoms with Gasteiger partial charge in [-0.05, 0) is 12.5 Å². The predicted octanol–water partition coefficient (Wildman–Crippen LogP) is 1.93. The summed E-state index contributed by atoms with van der Waals surface area (Å²) in [4.78, 5) is 32.6. The Kier molecular flexibility index (Phi) is 5.28. The van der Waals surface area contributed by atoms with Crippen LogP contribution >= 0.6 is 0 Å². The molecule has 0 unspecified atom stereocenters. The number of fused-ring (bicyclic) bond motifs is 1. The number of nitrogens with zero attached hydrogens (tertiary/aromatic N) is 4. The highest BCUT2D eigenvalue weighted by Crippen LogP contribution is 2.19. The lowest BCUT2D eigenvalue weighted by Crippen LogP contribution is -2.30. The van der Waals surface area contributed by atoms with Gasteiger partial charge in [-0.2, -0.15) is 0 Å². The second kappa shape index (κ2) is 8.34. The van der Waals surface area contributed by atoms with E-state index in [1.165, 1.54) is 6.20 Å². The Hall–Kier alpha value is -4.01. The smallest absolute Gasteiger partial charge is 0.273 e. The van der Waals surface area contributed by atoms with E-state index >= 15 is 0 Å². The number of imidazole rings is 1. The highest BCUT2D eigenvalue weighted by atomic mass is 16.5. The van der Waals surface area contributed by atoms with Crippen molar-refractivity contribution in [2.75, 3.05) is 13.1 Å². The molecule has 2 amide bonds. The van der Waals surface area contributed by atoms with Gasteiger partial charge in [0.1, 0.15) is 17.7 Å². The minimum absolute atomic E-state index is 0.214. The van der Waals surface area contributed by atoms with Crippen molar-refractivity contribution >= 4 is 17.5 Å². The maximum atomic E-state index is 12.3. The van der Waals surface area contributed by atoms with E-state index in [1.807, 2.05) is 30.3 Å². The lowest BCUT2D eigenvalue weighted by Gasteiger charge is -2.05. The van der Waals surface area contributed by atoms with E-state index in [1.54, 1.807) is 29.1 Å². The molecule has 4 rings (SSSR count). The molecule has 0 saturated carbocycles. The third-order valence-electron chi connectivity index (χ3n) is 4.28. The van der Waals surface area contributed by atoms with Crippen LogP contribution in [0.2, 0.25) is 0 Å². The zero-order chi connectivity index (χ0) is 20.1. The molecule has 0 saturated heterocycles. The number of benzene rings is 1. The van der Waals surface area contributed by atoms with Crippen molar-refractivity contribution in [3.8, 4) is 11.3 Å². The SMILES string of the molecule is O=C(NCCCNC(=O)c1cnc2ccncn12)c1cc(-c2ccccc2)on1. The Morgan fingerprint density at radius 1 is 1.03 bits per heavy atom. The Balaban J connectivity index is 1.23. The number of nitrogens with one attached hydrogen (secondary N) is 2. The van der Waals surface area contributed by atoms with Crippen molar-refractivity contribution in [2.24, 2.45) is 0 Å². The first-order valence-corrected chi connectivity index (χ1v) is 9.08. The summed E-state index contributed by atoms with van der Waals surface area (Å²) >= 11 is 0. The molecule has 0 aliphatic rings. The van der Waals surface area contributed by atoms with Gasteiger partial charge in [0.05, 0.1) is 6.20 Å². The van der Waals surface area contributed by atoms with Crippen LogP contribution in [0.25, 0.3) is 17.0 Å². The summed E-state index contributed by atoms with van der Waals surface area (Å²) in [5, 5.41) is 9.37. The molecule has 0 bridgehead atoms. The minimum Gasteiger partial charge on any atom is -0.355 e. The number of carbonyl (C=O) groups excluding carboxylic acids is 2. The summed E-state index contributed by atoms with van der Waals surface area (Å²) in [7, 11) is 0. The summed E-state index contributed by atoms with van der Waals surface area (Å²) in [5.41, 5.74) is 2.13. The average molecular weight is 390 g/mol. The predicted molar refractivity (Wildman–Crippen MR) is 104 cm³/mol. The Bertz CT molecular complexity index is 1140. The number of amides is 2. The molecule has 4 aromatic rings. The van der Waals surface area contributed by atoms with Gasteiger partial charge in [-0.3, -0.25) is 14.0 Å². The molecule has 9 nitrogen and oxygen atoms in total. The van der Waals surface area contributed by atoms with Gasteiger partial charge in [-0.25, -0.2) is 9.97 Å². The first-order valence-electron chi connectivity index (χ1n) is 9.08. The molecule has 0 fully saturated rings.